The molecule has 0 N–H and O–H groups in total. The molecule has 0 amide bonds. The van der Waals surface area contributed by atoms with Crippen molar-refractivity contribution in [1.29, 1.82) is 0 Å². The fraction of sp³-hybridized carbons (Fsp3) is 0.929. The smallest absolute Gasteiger partial charge is 0.398 e. The molecule has 0 radical (unpaired) electrons. The molecule has 2 aliphatic rings. The minimum atomic E-state index is -4.66. The molecule has 0 spiro atoms. The fourth-order valence-electron chi connectivity index (χ4n) is 4.24. The Morgan fingerprint density at radius 1 is 1.20 bits per heavy atom. The zero-order chi connectivity index (χ0) is 15.8. The van der Waals surface area contributed by atoms with Gasteiger partial charge in [0.1, 0.15) is 0 Å². The average molecular weight is 308 g/mol. The van der Waals surface area contributed by atoms with Crippen molar-refractivity contribution in [2.24, 2.45) is 16.7 Å². The largest absolute Gasteiger partial charge is 0.424 e. The van der Waals surface area contributed by atoms with E-state index in [0.29, 0.717) is 12.8 Å². The lowest BCUT2D eigenvalue weighted by atomic mass is 9.64. The zero-order valence-electron chi connectivity index (χ0n) is 12.9. The topological polar surface area (TPSA) is 26.3 Å². The molecule has 2 aliphatic carbocycles. The van der Waals surface area contributed by atoms with Crippen molar-refractivity contribution in [1.82, 2.24) is 0 Å². The van der Waals surface area contributed by atoms with Crippen molar-refractivity contribution in [3.05, 3.63) is 0 Å². The van der Waals surface area contributed by atoms with E-state index in [9.17, 15) is 18.0 Å². The Hall–Kier alpha value is -0.363. The van der Waals surface area contributed by atoms with Crippen molar-refractivity contribution in [3.63, 3.8) is 0 Å². The number of hydrogen-bond acceptors (Lipinski definition) is 2. The highest BCUT2D eigenvalue weighted by Gasteiger charge is 2.83. The van der Waals surface area contributed by atoms with Crippen LogP contribution >= 0.6 is 0 Å². The molecule has 2 nitrogen and oxygen atoms in total. The summed E-state index contributed by atoms with van der Waals surface area (Å²) in [4.78, 5) is 12.6. The van der Waals surface area contributed by atoms with Crippen LogP contribution in [0.25, 0.3) is 0 Å². The van der Waals surface area contributed by atoms with Gasteiger partial charge in [0.25, 0.3) is 0 Å². The molecule has 1 unspecified atom stereocenters. The van der Waals surface area contributed by atoms with E-state index in [2.05, 4.69) is 0 Å². The number of carbonyl (C=O) groups excluding carboxylic acids is 1. The molecule has 0 aromatic carbocycles. The number of rotatable bonds is 2. The molecule has 0 aliphatic heterocycles. The summed E-state index contributed by atoms with van der Waals surface area (Å²) in [6.45, 7) is 10.3. The zero-order valence-corrected chi connectivity index (χ0v) is 13.9. The van der Waals surface area contributed by atoms with Crippen LogP contribution in [0, 0.1) is 16.7 Å². The third kappa shape index (κ3) is 1.64. The van der Waals surface area contributed by atoms with Crippen LogP contribution in [-0.2, 0) is 9.22 Å². The van der Waals surface area contributed by atoms with Gasteiger partial charge in [-0.2, -0.15) is 13.2 Å². The summed E-state index contributed by atoms with van der Waals surface area (Å²) in [5.74, 6) is -1.29. The van der Waals surface area contributed by atoms with Gasteiger partial charge in [-0.15, -0.1) is 0 Å². The normalized spacial score (nSPS) is 40.5. The van der Waals surface area contributed by atoms with Crippen molar-refractivity contribution in [2.75, 3.05) is 0 Å². The first-order valence-electron chi connectivity index (χ1n) is 7.02. The van der Waals surface area contributed by atoms with Gasteiger partial charge in [-0.3, -0.25) is 4.79 Å². The van der Waals surface area contributed by atoms with Crippen LogP contribution in [0.2, 0.25) is 19.6 Å². The highest BCUT2D eigenvalue weighted by atomic mass is 28.4. The molecule has 2 fully saturated rings. The van der Waals surface area contributed by atoms with Gasteiger partial charge < -0.3 is 4.43 Å². The Kier molecular flexibility index (Phi) is 3.11. The summed E-state index contributed by atoms with van der Waals surface area (Å²) in [6, 6.07) is 0. The SMILES string of the molecule is CC1(C)[C@@H]2CC[C@@]1(C)C(O[Si](C)(C)C)(C(F)(F)F)C2=O. The van der Waals surface area contributed by atoms with Gasteiger partial charge in [-0.1, -0.05) is 20.8 Å². The van der Waals surface area contributed by atoms with E-state index in [1.54, 1.807) is 40.4 Å². The van der Waals surface area contributed by atoms with Gasteiger partial charge in [0.05, 0.1) is 0 Å². The number of ketones is 1. The van der Waals surface area contributed by atoms with Gasteiger partial charge in [-0.05, 0) is 37.9 Å². The molecule has 6 heteroatoms. The minimum Gasteiger partial charge on any atom is -0.398 e. The second kappa shape index (κ2) is 3.88. The van der Waals surface area contributed by atoms with Crippen LogP contribution in [-0.4, -0.2) is 25.9 Å². The van der Waals surface area contributed by atoms with E-state index in [1.807, 2.05) is 0 Å². The first-order valence-corrected chi connectivity index (χ1v) is 10.4. The Bertz CT molecular complexity index is 452. The van der Waals surface area contributed by atoms with E-state index < -0.39 is 42.6 Å². The van der Waals surface area contributed by atoms with Gasteiger partial charge in [-0.25, -0.2) is 0 Å². The average Bonchev–Trinajstić information content (AvgIpc) is 2.48. The molecule has 2 saturated carbocycles. The van der Waals surface area contributed by atoms with E-state index in [4.69, 9.17) is 4.43 Å². The number of alkyl halides is 3. The standard InChI is InChI=1S/C14H23F3O2Si/c1-11(2)9-7-8-12(11,3)13(10(9)18,14(15,16)17)19-20(4,5)6/h9H,7-8H2,1-6H3/t9-,12-,13?/m1/s1. The van der Waals surface area contributed by atoms with E-state index >= 15 is 0 Å². The molecule has 116 valence electrons. The molecule has 0 saturated heterocycles. The van der Waals surface area contributed by atoms with Crippen LogP contribution in [0.5, 0.6) is 0 Å². The minimum absolute atomic E-state index is 0.389. The first-order chi connectivity index (χ1) is 8.71. The van der Waals surface area contributed by atoms with Crippen LogP contribution in [0.3, 0.4) is 0 Å². The highest BCUT2D eigenvalue weighted by molar-refractivity contribution is 6.70. The molecular weight excluding hydrogens is 285 g/mol. The molecule has 0 aromatic rings. The van der Waals surface area contributed by atoms with Gasteiger partial charge in [0.2, 0.25) is 5.60 Å². The summed E-state index contributed by atoms with van der Waals surface area (Å²) in [6.07, 6.45) is -3.73. The maximum Gasteiger partial charge on any atom is 0.424 e. The Labute approximate surface area is 119 Å². The molecule has 0 aromatic heterocycles. The Morgan fingerprint density at radius 2 is 1.70 bits per heavy atom. The predicted octanol–water partition coefficient (Wildman–Crippen LogP) is 4.16. The van der Waals surface area contributed by atoms with Gasteiger partial charge >= 0.3 is 6.18 Å². The summed E-state index contributed by atoms with van der Waals surface area (Å²) < 4.78 is 47.4. The Morgan fingerprint density at radius 3 is 2.00 bits per heavy atom. The van der Waals surface area contributed by atoms with Crippen molar-refractivity contribution >= 4 is 14.1 Å². The fourth-order valence-corrected chi connectivity index (χ4v) is 5.60. The highest BCUT2D eigenvalue weighted by Crippen LogP contribution is 2.72. The molecular formula is C14H23F3O2Si. The number of halogens is 3. The van der Waals surface area contributed by atoms with E-state index in [-0.39, 0.29) is 0 Å². The number of Topliss-reactive ketones (excluding diaryl/α,β-unsaturated/α-hetero) is 1. The van der Waals surface area contributed by atoms with E-state index in [0.717, 1.165) is 0 Å². The number of carbonyl (C=O) groups is 1. The van der Waals surface area contributed by atoms with E-state index in [1.165, 1.54) is 0 Å². The molecule has 2 rings (SSSR count). The molecule has 3 atom stereocenters. The van der Waals surface area contributed by atoms with Crippen LogP contribution in [0.1, 0.15) is 33.6 Å². The lowest BCUT2D eigenvalue weighted by molar-refractivity contribution is -0.279. The molecule has 20 heavy (non-hydrogen) atoms. The quantitative estimate of drug-likeness (QED) is 0.716. The van der Waals surface area contributed by atoms with Crippen LogP contribution in [0.15, 0.2) is 0 Å². The van der Waals surface area contributed by atoms with Crippen LogP contribution < -0.4 is 0 Å². The number of fused-ring (bicyclic) bond motifs is 2. The molecule has 2 bridgehead atoms. The van der Waals surface area contributed by atoms with Crippen molar-refractivity contribution in [3.8, 4) is 0 Å². The predicted molar refractivity (Wildman–Crippen MR) is 72.8 cm³/mol. The maximum atomic E-state index is 13.9. The number of hydrogen-bond donors (Lipinski definition) is 0. The Balaban J connectivity index is 2.68. The second-order valence-electron chi connectivity index (χ2n) is 7.90. The van der Waals surface area contributed by atoms with Crippen molar-refractivity contribution < 1.29 is 22.4 Å². The third-order valence-corrected chi connectivity index (χ3v) is 6.44. The summed E-state index contributed by atoms with van der Waals surface area (Å²) in [7, 11) is -2.53. The monoisotopic (exact) mass is 308 g/mol. The lowest BCUT2D eigenvalue weighted by Crippen LogP contribution is -2.66. The summed E-state index contributed by atoms with van der Waals surface area (Å²) in [5.41, 5.74) is -4.48. The molecule has 0 heterocycles. The maximum absolute atomic E-state index is 13.9. The second-order valence-corrected chi connectivity index (χ2v) is 12.3. The summed E-state index contributed by atoms with van der Waals surface area (Å²) in [5, 5.41) is 0. The third-order valence-electron chi connectivity index (χ3n) is 5.53. The van der Waals surface area contributed by atoms with Crippen molar-refractivity contribution in [2.45, 2.75) is 65.0 Å². The van der Waals surface area contributed by atoms with Gasteiger partial charge in [0, 0.05) is 11.3 Å². The van der Waals surface area contributed by atoms with Crippen LogP contribution in [0.4, 0.5) is 13.2 Å². The first kappa shape index (κ1) is 16.0. The summed E-state index contributed by atoms with van der Waals surface area (Å²) >= 11 is 0. The lowest BCUT2D eigenvalue weighted by Gasteiger charge is -2.50. The van der Waals surface area contributed by atoms with Gasteiger partial charge in [0.15, 0.2) is 14.1 Å².